The molecule has 0 aliphatic carbocycles. The summed E-state index contributed by atoms with van der Waals surface area (Å²) in [4.78, 5) is 27.3. The van der Waals surface area contributed by atoms with Crippen LogP contribution in [0.15, 0.2) is 16.6 Å². The fourth-order valence-corrected chi connectivity index (χ4v) is 3.99. The molecule has 1 atom stereocenters. The second-order valence-corrected chi connectivity index (χ2v) is 8.94. The summed E-state index contributed by atoms with van der Waals surface area (Å²) in [6.07, 6.45) is 2.54. The molecule has 1 unspecified atom stereocenters. The number of hydrogen-bond donors (Lipinski definition) is 1. The lowest BCUT2D eigenvalue weighted by Gasteiger charge is -2.35. The minimum absolute atomic E-state index is 0.236. The summed E-state index contributed by atoms with van der Waals surface area (Å²) >= 11 is 1.66. The zero-order valence-electron chi connectivity index (χ0n) is 16.4. The van der Waals surface area contributed by atoms with Gasteiger partial charge in [0, 0.05) is 57.4 Å². The van der Waals surface area contributed by atoms with E-state index in [1.807, 2.05) is 32.3 Å². The van der Waals surface area contributed by atoms with Crippen molar-refractivity contribution in [2.24, 2.45) is 16.6 Å². The Bertz CT molecular complexity index is 649. The molecule has 0 saturated carbocycles. The Labute approximate surface area is 165 Å². The van der Waals surface area contributed by atoms with Crippen LogP contribution in [0.3, 0.4) is 0 Å². The van der Waals surface area contributed by atoms with Crippen LogP contribution >= 0.6 is 11.3 Å². The van der Waals surface area contributed by atoms with Gasteiger partial charge in [0.1, 0.15) is 5.60 Å². The highest BCUT2D eigenvalue weighted by atomic mass is 32.1. The molecule has 2 fully saturated rings. The maximum atomic E-state index is 12.1. The maximum absolute atomic E-state index is 12.1. The van der Waals surface area contributed by atoms with E-state index in [9.17, 15) is 4.79 Å². The average molecular weight is 395 g/mol. The quantitative estimate of drug-likeness (QED) is 0.622. The smallest absolute Gasteiger partial charge is 0.410 e. The molecule has 1 aromatic rings. The van der Waals surface area contributed by atoms with E-state index in [0.29, 0.717) is 25.0 Å². The predicted molar refractivity (Wildman–Crippen MR) is 108 cm³/mol. The first-order valence-electron chi connectivity index (χ1n) is 9.49. The number of carbonyl (C=O) groups excluding carboxylic acids is 1. The summed E-state index contributed by atoms with van der Waals surface area (Å²) in [6.45, 7) is 11.2. The molecule has 1 amide bonds. The predicted octanol–water partition coefficient (Wildman–Crippen LogP) is 1.84. The number of thiazole rings is 1. The molecule has 0 bridgehead atoms. The van der Waals surface area contributed by atoms with Gasteiger partial charge in [0.2, 0.25) is 0 Å². The molecule has 2 saturated heterocycles. The third-order valence-electron chi connectivity index (χ3n) is 4.74. The maximum Gasteiger partial charge on any atom is 0.410 e. The molecule has 3 heterocycles. The van der Waals surface area contributed by atoms with Gasteiger partial charge in [-0.3, -0.25) is 4.99 Å². The van der Waals surface area contributed by atoms with Crippen LogP contribution < -0.4 is 10.6 Å². The van der Waals surface area contributed by atoms with Gasteiger partial charge >= 0.3 is 6.09 Å². The van der Waals surface area contributed by atoms with E-state index >= 15 is 0 Å². The molecule has 9 heteroatoms. The van der Waals surface area contributed by atoms with Gasteiger partial charge in [0.25, 0.3) is 0 Å². The lowest BCUT2D eigenvalue weighted by molar-refractivity contribution is 0.0289. The van der Waals surface area contributed by atoms with Crippen LogP contribution in [-0.4, -0.2) is 78.3 Å². The molecule has 2 aliphatic rings. The number of rotatable bonds is 3. The first-order chi connectivity index (χ1) is 12.8. The van der Waals surface area contributed by atoms with Crippen molar-refractivity contribution in [1.82, 2.24) is 14.8 Å². The van der Waals surface area contributed by atoms with Gasteiger partial charge in [-0.1, -0.05) is 0 Å². The SMILES string of the molecule is CC(C)(C)OC(=O)N1CCC(CN=C(N)N2CCN(c3nccs3)CC2)C1. The third-order valence-corrected chi connectivity index (χ3v) is 5.57. The molecule has 0 spiro atoms. The van der Waals surface area contributed by atoms with Gasteiger partial charge < -0.3 is 25.2 Å². The van der Waals surface area contributed by atoms with Crippen molar-refractivity contribution >= 4 is 28.5 Å². The molecular weight excluding hydrogens is 364 g/mol. The van der Waals surface area contributed by atoms with E-state index in [0.717, 1.165) is 44.3 Å². The molecular formula is C18H30N6O2S. The van der Waals surface area contributed by atoms with Crippen LogP contribution in [0.4, 0.5) is 9.93 Å². The molecule has 0 aromatic carbocycles. The molecule has 150 valence electrons. The van der Waals surface area contributed by atoms with Gasteiger partial charge in [-0.15, -0.1) is 11.3 Å². The Hall–Kier alpha value is -2.03. The van der Waals surface area contributed by atoms with E-state index in [1.165, 1.54) is 0 Å². The van der Waals surface area contributed by atoms with Gasteiger partial charge in [0.05, 0.1) is 0 Å². The standard InChI is InChI=1S/C18H30N6O2S/c1-18(2,3)26-17(25)24-6-4-14(13-24)12-21-15(19)22-7-9-23(10-8-22)16-20-5-11-27-16/h5,11,14H,4,6-10,12-13H2,1-3H3,(H2,19,21). The highest BCUT2D eigenvalue weighted by molar-refractivity contribution is 7.13. The highest BCUT2D eigenvalue weighted by Crippen LogP contribution is 2.21. The number of nitrogens with two attached hydrogens (primary N) is 1. The number of anilines is 1. The van der Waals surface area contributed by atoms with Crippen molar-refractivity contribution < 1.29 is 9.53 Å². The largest absolute Gasteiger partial charge is 0.444 e. The lowest BCUT2D eigenvalue weighted by Crippen LogP contribution is -2.51. The zero-order valence-corrected chi connectivity index (χ0v) is 17.2. The topological polar surface area (TPSA) is 87.3 Å². The Morgan fingerprint density at radius 2 is 2.04 bits per heavy atom. The van der Waals surface area contributed by atoms with E-state index < -0.39 is 5.60 Å². The first kappa shape index (κ1) is 19.7. The lowest BCUT2D eigenvalue weighted by atomic mass is 10.1. The van der Waals surface area contributed by atoms with Crippen molar-refractivity contribution in [2.45, 2.75) is 32.8 Å². The van der Waals surface area contributed by atoms with Gasteiger partial charge in [-0.05, 0) is 33.1 Å². The minimum Gasteiger partial charge on any atom is -0.444 e. The van der Waals surface area contributed by atoms with Crippen LogP contribution in [0.2, 0.25) is 0 Å². The van der Waals surface area contributed by atoms with Crippen molar-refractivity contribution in [1.29, 1.82) is 0 Å². The number of nitrogens with zero attached hydrogens (tertiary/aromatic N) is 5. The second kappa shape index (κ2) is 8.33. The summed E-state index contributed by atoms with van der Waals surface area (Å²) < 4.78 is 5.44. The number of aliphatic imine (C=N–C) groups is 1. The first-order valence-corrected chi connectivity index (χ1v) is 10.4. The van der Waals surface area contributed by atoms with Gasteiger partial charge in [-0.2, -0.15) is 0 Å². The highest BCUT2D eigenvalue weighted by Gasteiger charge is 2.29. The van der Waals surface area contributed by atoms with E-state index in [1.54, 1.807) is 16.2 Å². The average Bonchev–Trinajstić information content (AvgIpc) is 3.30. The molecule has 27 heavy (non-hydrogen) atoms. The van der Waals surface area contributed by atoms with Crippen LogP contribution in [0, 0.1) is 5.92 Å². The fraction of sp³-hybridized carbons (Fsp3) is 0.722. The molecule has 8 nitrogen and oxygen atoms in total. The van der Waals surface area contributed by atoms with Gasteiger partial charge in [-0.25, -0.2) is 9.78 Å². The number of ether oxygens (including phenoxy) is 1. The minimum atomic E-state index is -0.460. The third kappa shape index (κ3) is 5.47. The molecule has 2 aliphatic heterocycles. The zero-order chi connectivity index (χ0) is 19.4. The van der Waals surface area contributed by atoms with Crippen LogP contribution in [0.1, 0.15) is 27.2 Å². The van der Waals surface area contributed by atoms with E-state index in [2.05, 4.69) is 19.8 Å². The van der Waals surface area contributed by atoms with E-state index in [-0.39, 0.29) is 6.09 Å². The normalized spacial score (nSPS) is 21.7. The Kier molecular flexibility index (Phi) is 6.08. The number of carbonyl (C=O) groups is 1. The van der Waals surface area contributed by atoms with Crippen molar-refractivity contribution in [2.75, 3.05) is 50.7 Å². The summed E-state index contributed by atoms with van der Waals surface area (Å²) in [5.74, 6) is 0.942. The number of hydrogen-bond acceptors (Lipinski definition) is 6. The molecule has 2 N–H and O–H groups in total. The number of piperazine rings is 1. The molecule has 1 aromatic heterocycles. The number of aromatic nitrogens is 1. The van der Waals surface area contributed by atoms with Crippen molar-refractivity contribution in [3.8, 4) is 0 Å². The number of guanidine groups is 1. The van der Waals surface area contributed by atoms with Crippen LogP contribution in [0.25, 0.3) is 0 Å². The Morgan fingerprint density at radius 1 is 1.30 bits per heavy atom. The summed E-state index contributed by atoms with van der Waals surface area (Å²) in [5.41, 5.74) is 5.75. The summed E-state index contributed by atoms with van der Waals surface area (Å²) in [5, 5.41) is 3.07. The van der Waals surface area contributed by atoms with Crippen LogP contribution in [-0.2, 0) is 4.74 Å². The fourth-order valence-electron chi connectivity index (χ4n) is 3.30. The van der Waals surface area contributed by atoms with E-state index in [4.69, 9.17) is 10.5 Å². The Balaban J connectivity index is 1.43. The molecule has 3 rings (SSSR count). The van der Waals surface area contributed by atoms with Crippen molar-refractivity contribution in [3.63, 3.8) is 0 Å². The van der Waals surface area contributed by atoms with Crippen LogP contribution in [0.5, 0.6) is 0 Å². The number of likely N-dealkylation sites (tertiary alicyclic amines) is 1. The summed E-state index contributed by atoms with van der Waals surface area (Å²) in [7, 11) is 0. The molecule has 0 radical (unpaired) electrons. The number of amides is 1. The monoisotopic (exact) mass is 394 g/mol. The van der Waals surface area contributed by atoms with Crippen molar-refractivity contribution in [3.05, 3.63) is 11.6 Å². The second-order valence-electron chi connectivity index (χ2n) is 8.07. The Morgan fingerprint density at radius 3 is 2.67 bits per heavy atom. The van der Waals surface area contributed by atoms with Gasteiger partial charge in [0.15, 0.2) is 11.1 Å². The summed E-state index contributed by atoms with van der Waals surface area (Å²) in [6, 6.07) is 0.